The van der Waals surface area contributed by atoms with Crippen molar-refractivity contribution >= 4 is 40.7 Å². The lowest BCUT2D eigenvalue weighted by atomic mass is 10.1. The first-order valence-corrected chi connectivity index (χ1v) is 13.5. The molecular weight excluding hydrogens is 568 g/mol. The van der Waals surface area contributed by atoms with Crippen LogP contribution in [0.5, 0.6) is 0 Å². The summed E-state index contributed by atoms with van der Waals surface area (Å²) in [6.45, 7) is -0.341. The van der Waals surface area contributed by atoms with Gasteiger partial charge in [0.25, 0.3) is 0 Å². The Morgan fingerprint density at radius 3 is 1.82 bits per heavy atom. The van der Waals surface area contributed by atoms with Gasteiger partial charge in [0.1, 0.15) is 18.5 Å². The third-order valence-corrected chi connectivity index (χ3v) is 6.88. The highest BCUT2D eigenvalue weighted by molar-refractivity contribution is 5.91. The second-order valence-electron chi connectivity index (χ2n) is 9.81. The fraction of sp³-hybridized carbons (Fsp3) is 0.161. The van der Waals surface area contributed by atoms with Gasteiger partial charge in [-0.25, -0.2) is 19.1 Å². The fourth-order valence-corrected chi connectivity index (χ4v) is 4.76. The minimum Gasteiger partial charge on any atom is -0.459 e. The molecule has 0 amide bonds. The summed E-state index contributed by atoms with van der Waals surface area (Å²) in [7, 11) is 0. The lowest BCUT2D eigenvalue weighted by Crippen LogP contribution is -2.41. The zero-order valence-electron chi connectivity index (χ0n) is 23.1. The molecule has 4 N–H and O–H groups in total. The average molecular weight is 595 g/mol. The monoisotopic (exact) mass is 594 g/mol. The summed E-state index contributed by atoms with van der Waals surface area (Å²) in [5.74, 6) is -2.03. The highest BCUT2D eigenvalue weighted by Gasteiger charge is 2.52. The first kappa shape index (κ1) is 28.3. The molecule has 0 saturated carbocycles. The number of hydrogen-bond acceptors (Lipinski definition) is 12. The molecule has 5 aromatic rings. The first-order chi connectivity index (χ1) is 21.4. The number of nitrogen functional groups attached to an aromatic ring is 2. The van der Waals surface area contributed by atoms with E-state index < -0.39 is 42.4 Å². The topological polar surface area (TPSA) is 184 Å². The van der Waals surface area contributed by atoms with Gasteiger partial charge in [-0.05, 0) is 36.4 Å². The van der Waals surface area contributed by atoms with E-state index in [-0.39, 0.29) is 35.1 Å². The second-order valence-corrected chi connectivity index (χ2v) is 9.81. The molecule has 13 heteroatoms. The number of esters is 3. The van der Waals surface area contributed by atoms with Crippen molar-refractivity contribution < 1.29 is 33.3 Å². The van der Waals surface area contributed by atoms with Gasteiger partial charge in [-0.3, -0.25) is 0 Å². The summed E-state index contributed by atoms with van der Waals surface area (Å²) < 4.78 is 25.0. The molecule has 1 saturated heterocycles. The molecule has 0 aliphatic carbocycles. The number of fused-ring (bicyclic) bond motifs is 1. The van der Waals surface area contributed by atoms with Crippen LogP contribution in [0, 0.1) is 0 Å². The molecule has 1 aliphatic rings. The SMILES string of the molecule is Nc1nc(N)c2cn([C@@H]3O[C@H](COC(=O)c4ccccc4)[C@@H](OC(=O)c4ccccc4)[C@H]3OC(=O)c3ccccc3)nc2n1. The molecule has 6 rings (SSSR count). The zero-order valence-corrected chi connectivity index (χ0v) is 23.1. The van der Waals surface area contributed by atoms with Crippen LogP contribution in [0.25, 0.3) is 11.0 Å². The van der Waals surface area contributed by atoms with Gasteiger partial charge in [-0.15, -0.1) is 5.10 Å². The summed E-state index contributed by atoms with van der Waals surface area (Å²) in [5, 5.41) is 4.80. The van der Waals surface area contributed by atoms with Gasteiger partial charge in [0.2, 0.25) is 5.95 Å². The number of ether oxygens (including phenoxy) is 4. The molecule has 0 radical (unpaired) electrons. The zero-order chi connectivity index (χ0) is 30.6. The van der Waals surface area contributed by atoms with Crippen molar-refractivity contribution in [2.24, 2.45) is 0 Å². The van der Waals surface area contributed by atoms with E-state index in [2.05, 4.69) is 15.1 Å². The predicted octanol–water partition coefficient (Wildman–Crippen LogP) is 3.20. The molecule has 2 aromatic heterocycles. The Kier molecular flexibility index (Phi) is 7.84. The lowest BCUT2D eigenvalue weighted by molar-refractivity contribution is -0.0668. The molecule has 4 atom stereocenters. The summed E-state index contributed by atoms with van der Waals surface area (Å²) in [4.78, 5) is 47.5. The van der Waals surface area contributed by atoms with E-state index >= 15 is 0 Å². The van der Waals surface area contributed by atoms with Gasteiger partial charge in [0.15, 0.2) is 24.1 Å². The third-order valence-electron chi connectivity index (χ3n) is 6.88. The molecule has 1 fully saturated rings. The van der Waals surface area contributed by atoms with Gasteiger partial charge in [0, 0.05) is 6.20 Å². The summed E-state index contributed by atoms with van der Waals surface area (Å²) in [6, 6.07) is 24.9. The van der Waals surface area contributed by atoms with Crippen molar-refractivity contribution in [3.8, 4) is 0 Å². The Balaban J connectivity index is 1.37. The Bertz CT molecular complexity index is 1800. The van der Waals surface area contributed by atoms with E-state index in [1.807, 2.05) is 0 Å². The Morgan fingerprint density at radius 1 is 0.727 bits per heavy atom. The fourth-order valence-electron chi connectivity index (χ4n) is 4.76. The van der Waals surface area contributed by atoms with Crippen LogP contribution in [0.1, 0.15) is 37.3 Å². The van der Waals surface area contributed by atoms with Gasteiger partial charge in [-0.2, -0.15) is 9.97 Å². The van der Waals surface area contributed by atoms with Crippen LogP contribution in [0.3, 0.4) is 0 Å². The summed E-state index contributed by atoms with van der Waals surface area (Å²) in [5.41, 5.74) is 12.8. The molecule has 44 heavy (non-hydrogen) atoms. The minimum absolute atomic E-state index is 0.0787. The van der Waals surface area contributed by atoms with E-state index in [4.69, 9.17) is 30.4 Å². The van der Waals surface area contributed by atoms with E-state index in [0.717, 1.165) is 0 Å². The van der Waals surface area contributed by atoms with Gasteiger partial charge in [-0.1, -0.05) is 54.6 Å². The van der Waals surface area contributed by atoms with Crippen LogP contribution in [0.15, 0.2) is 97.2 Å². The summed E-state index contributed by atoms with van der Waals surface area (Å²) >= 11 is 0. The Hall–Kier alpha value is -5.82. The standard InChI is InChI=1S/C31H26N6O7/c32-25-21-16-37(36-26(21)35-31(33)34-25)27-24(44-30(40)20-14-8-3-9-15-20)23(43-29(39)19-12-6-2-7-13-19)22(42-27)17-41-28(38)18-10-4-1-5-11-18/h1-16,22-24,27H,17H2,(H4,32,33,34,35,36)/t22-,23-,24-,27-/m1/s1. The van der Waals surface area contributed by atoms with E-state index in [1.54, 1.807) is 91.0 Å². The van der Waals surface area contributed by atoms with E-state index in [1.165, 1.54) is 10.9 Å². The van der Waals surface area contributed by atoms with Crippen LogP contribution >= 0.6 is 0 Å². The maximum Gasteiger partial charge on any atom is 0.338 e. The molecule has 222 valence electrons. The number of nitrogens with two attached hydrogens (primary N) is 2. The maximum atomic E-state index is 13.3. The number of benzene rings is 3. The van der Waals surface area contributed by atoms with Crippen LogP contribution < -0.4 is 11.5 Å². The molecule has 0 unspecified atom stereocenters. The van der Waals surface area contributed by atoms with Crippen molar-refractivity contribution in [1.29, 1.82) is 0 Å². The molecule has 3 heterocycles. The predicted molar refractivity (Wildman–Crippen MR) is 156 cm³/mol. The molecule has 0 bridgehead atoms. The highest BCUT2D eigenvalue weighted by atomic mass is 16.7. The first-order valence-electron chi connectivity index (χ1n) is 13.5. The number of hydrogen-bond donors (Lipinski definition) is 2. The largest absolute Gasteiger partial charge is 0.459 e. The van der Waals surface area contributed by atoms with Crippen molar-refractivity contribution in [1.82, 2.24) is 19.7 Å². The second kappa shape index (κ2) is 12.2. The third kappa shape index (κ3) is 5.89. The number of aromatic nitrogens is 4. The number of anilines is 2. The van der Waals surface area contributed by atoms with Crippen molar-refractivity contribution in [3.05, 3.63) is 114 Å². The number of carbonyl (C=O) groups is 3. The maximum absolute atomic E-state index is 13.3. The number of rotatable bonds is 8. The average Bonchev–Trinajstić information content (AvgIpc) is 3.62. The smallest absolute Gasteiger partial charge is 0.338 e. The summed E-state index contributed by atoms with van der Waals surface area (Å²) in [6.07, 6.45) is -3.21. The van der Waals surface area contributed by atoms with Gasteiger partial charge in [0.05, 0.1) is 22.1 Å². The molecule has 3 aromatic carbocycles. The molecule has 1 aliphatic heterocycles. The minimum atomic E-state index is -1.25. The normalized spacial score (nSPS) is 19.4. The van der Waals surface area contributed by atoms with Crippen LogP contribution in [-0.4, -0.2) is 62.6 Å². The molecule has 0 spiro atoms. The number of carbonyl (C=O) groups excluding carboxylic acids is 3. The number of nitrogens with zero attached hydrogens (tertiary/aromatic N) is 4. The van der Waals surface area contributed by atoms with E-state index in [0.29, 0.717) is 10.9 Å². The Labute approximate surface area is 250 Å². The molecular formula is C31H26N6O7. The Morgan fingerprint density at radius 2 is 1.25 bits per heavy atom. The van der Waals surface area contributed by atoms with Crippen molar-refractivity contribution in [3.63, 3.8) is 0 Å². The highest BCUT2D eigenvalue weighted by Crippen LogP contribution is 2.36. The van der Waals surface area contributed by atoms with Gasteiger partial charge >= 0.3 is 17.9 Å². The van der Waals surface area contributed by atoms with Crippen LogP contribution in [-0.2, 0) is 18.9 Å². The van der Waals surface area contributed by atoms with Crippen LogP contribution in [0.2, 0.25) is 0 Å². The van der Waals surface area contributed by atoms with E-state index in [9.17, 15) is 14.4 Å². The van der Waals surface area contributed by atoms with Gasteiger partial charge < -0.3 is 30.4 Å². The van der Waals surface area contributed by atoms with Crippen LogP contribution in [0.4, 0.5) is 11.8 Å². The van der Waals surface area contributed by atoms with Crippen molar-refractivity contribution in [2.75, 3.05) is 18.1 Å². The van der Waals surface area contributed by atoms with Crippen molar-refractivity contribution in [2.45, 2.75) is 24.5 Å². The lowest BCUT2D eigenvalue weighted by Gasteiger charge is -2.24. The quantitative estimate of drug-likeness (QED) is 0.198. The molecule has 13 nitrogen and oxygen atoms in total.